The highest BCUT2D eigenvalue weighted by atomic mass is 16.2. The predicted molar refractivity (Wildman–Crippen MR) is 91.8 cm³/mol. The van der Waals surface area contributed by atoms with Gasteiger partial charge in [0.2, 0.25) is 0 Å². The van der Waals surface area contributed by atoms with Gasteiger partial charge < -0.3 is 4.90 Å². The van der Waals surface area contributed by atoms with Crippen molar-refractivity contribution < 1.29 is 4.79 Å². The van der Waals surface area contributed by atoms with Crippen LogP contribution < -0.4 is 16.2 Å². The molecule has 1 aliphatic rings. The number of rotatable bonds is 4. The van der Waals surface area contributed by atoms with E-state index in [1.807, 2.05) is 0 Å². The Kier molecular flexibility index (Phi) is 4.81. The van der Waals surface area contributed by atoms with Gasteiger partial charge in [-0.3, -0.25) is 10.2 Å². The zero-order valence-corrected chi connectivity index (χ0v) is 14.4. The van der Waals surface area contributed by atoms with Gasteiger partial charge in [-0.15, -0.1) is 0 Å². The van der Waals surface area contributed by atoms with Crippen molar-refractivity contribution in [2.45, 2.75) is 71.4 Å². The number of nitrogens with zero attached hydrogens (tertiary/aromatic N) is 1. The second-order valence-electron chi connectivity index (χ2n) is 7.11. The van der Waals surface area contributed by atoms with E-state index in [9.17, 15) is 4.79 Å². The van der Waals surface area contributed by atoms with Crippen LogP contribution in [0.4, 0.5) is 5.69 Å². The summed E-state index contributed by atoms with van der Waals surface area (Å²) in [6.45, 7) is 11.0. The lowest BCUT2D eigenvalue weighted by Crippen LogP contribution is -2.59. The van der Waals surface area contributed by atoms with Crippen molar-refractivity contribution in [1.29, 1.82) is 0 Å². The summed E-state index contributed by atoms with van der Waals surface area (Å²) in [5.74, 6) is 5.85. The molecule has 4 heteroatoms. The number of hydrogen-bond acceptors (Lipinski definition) is 3. The van der Waals surface area contributed by atoms with Gasteiger partial charge in [-0.25, -0.2) is 5.84 Å². The van der Waals surface area contributed by atoms with Gasteiger partial charge in [-0.2, -0.15) is 0 Å². The van der Waals surface area contributed by atoms with E-state index >= 15 is 0 Å². The van der Waals surface area contributed by atoms with Gasteiger partial charge >= 0.3 is 0 Å². The Labute approximate surface area is 134 Å². The molecular weight excluding hydrogens is 274 g/mol. The number of carbonyl (C=O) groups excluding carboxylic acids is 1. The van der Waals surface area contributed by atoms with Crippen LogP contribution in [-0.4, -0.2) is 17.5 Å². The van der Waals surface area contributed by atoms with Crippen LogP contribution in [-0.2, 0) is 4.79 Å². The fraction of sp³-hybridized carbons (Fsp3) is 0.611. The molecule has 1 aliphatic heterocycles. The SMILES string of the molecule is CCC[C@@H](C(=O)NN)N1c2c(C)cccc2[C@@H](C)CC1(C)C. The minimum absolute atomic E-state index is 0.0785. The van der Waals surface area contributed by atoms with Crippen molar-refractivity contribution in [3.63, 3.8) is 0 Å². The number of nitrogens with one attached hydrogen (secondary N) is 1. The number of amides is 1. The van der Waals surface area contributed by atoms with Gasteiger partial charge in [0.1, 0.15) is 6.04 Å². The number of para-hydroxylation sites is 1. The third kappa shape index (κ3) is 2.84. The van der Waals surface area contributed by atoms with Crippen LogP contribution in [0.2, 0.25) is 0 Å². The Morgan fingerprint density at radius 3 is 2.77 bits per heavy atom. The quantitative estimate of drug-likeness (QED) is 0.510. The molecule has 1 aromatic rings. The third-order valence-electron chi connectivity index (χ3n) is 4.82. The van der Waals surface area contributed by atoms with Crippen molar-refractivity contribution in [2.24, 2.45) is 5.84 Å². The van der Waals surface area contributed by atoms with Crippen molar-refractivity contribution in [3.8, 4) is 0 Å². The van der Waals surface area contributed by atoms with E-state index in [4.69, 9.17) is 5.84 Å². The van der Waals surface area contributed by atoms with E-state index < -0.39 is 0 Å². The van der Waals surface area contributed by atoms with Crippen LogP contribution in [0, 0.1) is 6.92 Å². The Hall–Kier alpha value is -1.55. The van der Waals surface area contributed by atoms with Crippen LogP contribution in [0.5, 0.6) is 0 Å². The molecule has 1 amide bonds. The standard InChI is InChI=1S/C18H29N3O/c1-6-8-15(17(22)20-19)21-16-12(2)9-7-10-14(16)13(3)11-18(21,4)5/h7,9-10,13,15H,6,8,11,19H2,1-5H3,(H,20,22)/t13-,15-/m0/s1. The molecule has 1 heterocycles. The molecule has 0 saturated carbocycles. The molecule has 0 aliphatic carbocycles. The second-order valence-corrected chi connectivity index (χ2v) is 7.11. The molecule has 0 radical (unpaired) electrons. The number of fused-ring (bicyclic) bond motifs is 1. The fourth-order valence-electron chi connectivity index (χ4n) is 3.99. The summed E-state index contributed by atoms with van der Waals surface area (Å²) in [7, 11) is 0. The second kappa shape index (κ2) is 6.29. The van der Waals surface area contributed by atoms with Crippen LogP contribution in [0.3, 0.4) is 0 Å². The highest BCUT2D eigenvalue weighted by Gasteiger charge is 2.42. The Morgan fingerprint density at radius 2 is 2.18 bits per heavy atom. The van der Waals surface area contributed by atoms with Crippen molar-refractivity contribution in [3.05, 3.63) is 29.3 Å². The molecule has 4 nitrogen and oxygen atoms in total. The molecule has 0 bridgehead atoms. The first kappa shape index (κ1) is 16.8. The van der Waals surface area contributed by atoms with E-state index in [0.29, 0.717) is 5.92 Å². The average Bonchev–Trinajstić information content (AvgIpc) is 2.45. The average molecular weight is 303 g/mol. The first-order valence-electron chi connectivity index (χ1n) is 8.22. The summed E-state index contributed by atoms with van der Waals surface area (Å²) in [5.41, 5.74) is 6.07. The molecule has 2 atom stereocenters. The maximum Gasteiger partial charge on any atom is 0.256 e. The van der Waals surface area contributed by atoms with Gasteiger partial charge in [-0.1, -0.05) is 38.5 Å². The van der Waals surface area contributed by atoms with E-state index in [2.05, 4.69) is 63.1 Å². The fourth-order valence-corrected chi connectivity index (χ4v) is 3.99. The summed E-state index contributed by atoms with van der Waals surface area (Å²) in [6.07, 6.45) is 2.78. The van der Waals surface area contributed by atoms with Gasteiger partial charge in [0.05, 0.1) is 0 Å². The smallest absolute Gasteiger partial charge is 0.256 e. The van der Waals surface area contributed by atoms with Gasteiger partial charge in [0, 0.05) is 11.2 Å². The largest absolute Gasteiger partial charge is 0.354 e. The number of anilines is 1. The molecule has 0 unspecified atom stereocenters. The van der Waals surface area contributed by atoms with E-state index in [0.717, 1.165) is 19.3 Å². The van der Waals surface area contributed by atoms with Crippen molar-refractivity contribution in [1.82, 2.24) is 5.43 Å². The number of hydrogen-bond donors (Lipinski definition) is 2. The highest BCUT2D eigenvalue weighted by molar-refractivity contribution is 5.86. The molecule has 22 heavy (non-hydrogen) atoms. The lowest BCUT2D eigenvalue weighted by atomic mass is 9.77. The molecule has 0 saturated heterocycles. The number of nitrogens with two attached hydrogens (primary N) is 1. The molecular formula is C18H29N3O. The Balaban J connectivity index is 2.61. The number of hydrazine groups is 1. The number of benzene rings is 1. The Morgan fingerprint density at radius 1 is 1.50 bits per heavy atom. The maximum absolute atomic E-state index is 12.4. The zero-order valence-electron chi connectivity index (χ0n) is 14.4. The van der Waals surface area contributed by atoms with Crippen LogP contribution in [0.1, 0.15) is 64.0 Å². The summed E-state index contributed by atoms with van der Waals surface area (Å²) in [5, 5.41) is 0. The Bertz CT molecular complexity index is 553. The minimum atomic E-state index is -0.225. The molecule has 122 valence electrons. The van der Waals surface area contributed by atoms with Crippen molar-refractivity contribution >= 4 is 11.6 Å². The number of carbonyl (C=O) groups is 1. The van der Waals surface area contributed by atoms with Gasteiger partial charge in [0.25, 0.3) is 5.91 Å². The molecule has 1 aromatic carbocycles. The summed E-state index contributed by atoms with van der Waals surface area (Å²) in [6, 6.07) is 6.21. The first-order valence-corrected chi connectivity index (χ1v) is 8.22. The predicted octanol–water partition coefficient (Wildman–Crippen LogP) is 3.25. The lowest BCUT2D eigenvalue weighted by molar-refractivity contribution is -0.123. The van der Waals surface area contributed by atoms with Crippen LogP contribution in [0.15, 0.2) is 18.2 Å². The van der Waals surface area contributed by atoms with Crippen molar-refractivity contribution in [2.75, 3.05) is 4.90 Å². The zero-order chi connectivity index (χ0) is 16.5. The molecule has 2 rings (SSSR count). The molecule has 3 N–H and O–H groups in total. The van der Waals surface area contributed by atoms with E-state index in [1.54, 1.807) is 0 Å². The topological polar surface area (TPSA) is 58.4 Å². The maximum atomic E-state index is 12.4. The molecule has 0 spiro atoms. The molecule has 0 aromatic heterocycles. The van der Waals surface area contributed by atoms with Crippen LogP contribution in [0.25, 0.3) is 0 Å². The minimum Gasteiger partial charge on any atom is -0.354 e. The van der Waals surface area contributed by atoms with Crippen LogP contribution >= 0.6 is 0 Å². The van der Waals surface area contributed by atoms with E-state index in [-0.39, 0.29) is 17.5 Å². The lowest BCUT2D eigenvalue weighted by Gasteiger charge is -2.51. The molecule has 0 fully saturated rings. The van der Waals surface area contributed by atoms with Gasteiger partial charge in [0.15, 0.2) is 0 Å². The summed E-state index contributed by atoms with van der Waals surface area (Å²) < 4.78 is 0. The monoisotopic (exact) mass is 303 g/mol. The third-order valence-corrected chi connectivity index (χ3v) is 4.82. The van der Waals surface area contributed by atoms with E-state index in [1.165, 1.54) is 16.8 Å². The van der Waals surface area contributed by atoms with Gasteiger partial charge in [-0.05, 0) is 50.7 Å². The summed E-state index contributed by atoms with van der Waals surface area (Å²) >= 11 is 0. The normalized spacial score (nSPS) is 21.2. The summed E-state index contributed by atoms with van der Waals surface area (Å²) in [4.78, 5) is 14.7. The highest BCUT2D eigenvalue weighted by Crippen LogP contribution is 2.46. The number of aryl methyl sites for hydroxylation is 1. The first-order chi connectivity index (χ1) is 10.3.